The van der Waals surface area contributed by atoms with E-state index < -0.39 is 11.4 Å². The standard InChI is InChI=1S/C20H14O2S/c21-19(22)20(14-8-2-1-3-9-14)15-10-4-6-12-17(15)23-18-13-7-5-11-16(18)20/h1-13H,(H,21,22). The molecule has 0 bridgehead atoms. The minimum Gasteiger partial charge on any atom is -0.480 e. The van der Waals surface area contributed by atoms with E-state index in [-0.39, 0.29) is 0 Å². The molecule has 4 rings (SSSR count). The molecule has 1 aliphatic rings. The van der Waals surface area contributed by atoms with Crippen LogP contribution in [0.15, 0.2) is 88.7 Å². The average Bonchev–Trinajstić information content (AvgIpc) is 2.60. The molecule has 3 aromatic rings. The van der Waals surface area contributed by atoms with Gasteiger partial charge in [0.25, 0.3) is 0 Å². The van der Waals surface area contributed by atoms with Gasteiger partial charge in [-0.15, -0.1) is 0 Å². The Bertz CT molecular complexity index is 841. The van der Waals surface area contributed by atoms with Gasteiger partial charge < -0.3 is 5.11 Å². The smallest absolute Gasteiger partial charge is 0.323 e. The molecule has 0 fully saturated rings. The van der Waals surface area contributed by atoms with Crippen molar-refractivity contribution in [1.29, 1.82) is 0 Å². The number of carboxylic acids is 1. The quantitative estimate of drug-likeness (QED) is 0.752. The fourth-order valence-electron chi connectivity index (χ4n) is 3.35. The number of fused-ring (bicyclic) bond motifs is 2. The monoisotopic (exact) mass is 318 g/mol. The molecular formula is C20H14O2S. The van der Waals surface area contributed by atoms with Crippen molar-refractivity contribution in [2.75, 3.05) is 0 Å². The van der Waals surface area contributed by atoms with Crippen molar-refractivity contribution in [2.24, 2.45) is 0 Å². The van der Waals surface area contributed by atoms with E-state index in [2.05, 4.69) is 0 Å². The maximum atomic E-state index is 12.6. The predicted octanol–water partition coefficient (Wildman–Crippen LogP) is 4.57. The summed E-state index contributed by atoms with van der Waals surface area (Å²) in [5.74, 6) is -0.844. The summed E-state index contributed by atoms with van der Waals surface area (Å²) >= 11 is 1.63. The fraction of sp³-hybridized carbons (Fsp3) is 0.0500. The van der Waals surface area contributed by atoms with Crippen LogP contribution in [-0.2, 0) is 10.2 Å². The van der Waals surface area contributed by atoms with E-state index in [1.807, 2.05) is 78.9 Å². The molecule has 0 aliphatic carbocycles. The summed E-state index contributed by atoms with van der Waals surface area (Å²) in [6.07, 6.45) is 0. The van der Waals surface area contributed by atoms with Gasteiger partial charge in [-0.2, -0.15) is 0 Å². The normalized spacial score (nSPS) is 14.6. The minimum atomic E-state index is -1.17. The lowest BCUT2D eigenvalue weighted by atomic mass is 9.69. The van der Waals surface area contributed by atoms with Crippen molar-refractivity contribution in [3.05, 3.63) is 95.6 Å². The van der Waals surface area contributed by atoms with Crippen molar-refractivity contribution in [3.63, 3.8) is 0 Å². The molecule has 1 heterocycles. The minimum absolute atomic E-state index is 0.785. The first kappa shape index (κ1) is 14.1. The number of aliphatic carboxylic acids is 1. The largest absolute Gasteiger partial charge is 0.480 e. The lowest BCUT2D eigenvalue weighted by Crippen LogP contribution is -2.40. The molecule has 0 saturated heterocycles. The number of benzene rings is 3. The van der Waals surface area contributed by atoms with Gasteiger partial charge in [0.1, 0.15) is 5.41 Å². The van der Waals surface area contributed by atoms with Crippen LogP contribution in [0.2, 0.25) is 0 Å². The molecule has 1 N–H and O–H groups in total. The molecule has 0 unspecified atom stereocenters. The van der Waals surface area contributed by atoms with Crippen molar-refractivity contribution >= 4 is 17.7 Å². The van der Waals surface area contributed by atoms with Crippen molar-refractivity contribution < 1.29 is 9.90 Å². The van der Waals surface area contributed by atoms with Gasteiger partial charge in [-0.05, 0) is 28.8 Å². The molecule has 1 aliphatic heterocycles. The Morgan fingerprint density at radius 2 is 1.22 bits per heavy atom. The summed E-state index contributed by atoms with van der Waals surface area (Å²) in [7, 11) is 0. The number of carbonyl (C=O) groups is 1. The van der Waals surface area contributed by atoms with Crippen LogP contribution in [0.3, 0.4) is 0 Å². The van der Waals surface area contributed by atoms with Crippen molar-refractivity contribution in [2.45, 2.75) is 15.2 Å². The summed E-state index contributed by atoms with van der Waals surface area (Å²) in [6.45, 7) is 0. The molecule has 0 aromatic heterocycles. The first-order chi connectivity index (χ1) is 11.2. The Labute approximate surface area is 138 Å². The summed E-state index contributed by atoms with van der Waals surface area (Å²) in [6, 6.07) is 25.1. The maximum Gasteiger partial charge on any atom is 0.323 e. The van der Waals surface area contributed by atoms with Crippen LogP contribution in [0.1, 0.15) is 16.7 Å². The Hall–Kier alpha value is -2.52. The zero-order valence-electron chi connectivity index (χ0n) is 12.3. The predicted molar refractivity (Wildman–Crippen MR) is 91.0 cm³/mol. The van der Waals surface area contributed by atoms with Gasteiger partial charge in [-0.1, -0.05) is 78.5 Å². The Balaban J connectivity index is 2.15. The number of rotatable bonds is 2. The molecule has 0 spiro atoms. The molecule has 112 valence electrons. The van der Waals surface area contributed by atoms with E-state index in [1.165, 1.54) is 0 Å². The highest BCUT2D eigenvalue weighted by molar-refractivity contribution is 7.99. The molecule has 0 amide bonds. The molecule has 2 nitrogen and oxygen atoms in total. The van der Waals surface area contributed by atoms with Crippen LogP contribution in [0.5, 0.6) is 0 Å². The third-order valence-electron chi connectivity index (χ3n) is 4.33. The third kappa shape index (κ3) is 1.93. The zero-order valence-corrected chi connectivity index (χ0v) is 13.1. The average molecular weight is 318 g/mol. The Morgan fingerprint density at radius 3 is 1.74 bits per heavy atom. The maximum absolute atomic E-state index is 12.6. The van der Waals surface area contributed by atoms with Gasteiger partial charge in [0, 0.05) is 9.79 Å². The number of carboxylic acid groups (broad SMARTS) is 1. The Kier molecular flexibility index (Phi) is 3.24. The van der Waals surface area contributed by atoms with Crippen LogP contribution in [0.4, 0.5) is 0 Å². The summed E-state index contributed by atoms with van der Waals surface area (Å²) in [5, 5.41) is 10.3. The van der Waals surface area contributed by atoms with Gasteiger partial charge in [0.2, 0.25) is 0 Å². The molecule has 3 aromatic carbocycles. The van der Waals surface area contributed by atoms with E-state index in [0.29, 0.717) is 0 Å². The highest BCUT2D eigenvalue weighted by atomic mass is 32.2. The lowest BCUT2D eigenvalue weighted by molar-refractivity contribution is -0.140. The second-order valence-corrected chi connectivity index (χ2v) is 6.60. The second kappa shape index (κ2) is 5.28. The topological polar surface area (TPSA) is 37.3 Å². The van der Waals surface area contributed by atoms with E-state index in [1.54, 1.807) is 11.8 Å². The van der Waals surface area contributed by atoms with Crippen LogP contribution in [-0.4, -0.2) is 11.1 Å². The molecule has 0 radical (unpaired) electrons. The second-order valence-electron chi connectivity index (χ2n) is 5.52. The highest BCUT2D eigenvalue weighted by Crippen LogP contribution is 2.52. The summed E-state index contributed by atoms with van der Waals surface area (Å²) in [5.41, 5.74) is 1.29. The lowest BCUT2D eigenvalue weighted by Gasteiger charge is -2.37. The first-order valence-electron chi connectivity index (χ1n) is 7.40. The Morgan fingerprint density at radius 1 is 0.739 bits per heavy atom. The van der Waals surface area contributed by atoms with E-state index >= 15 is 0 Å². The van der Waals surface area contributed by atoms with Crippen LogP contribution >= 0.6 is 11.8 Å². The van der Waals surface area contributed by atoms with E-state index in [4.69, 9.17) is 0 Å². The number of hydrogen-bond donors (Lipinski definition) is 1. The van der Waals surface area contributed by atoms with Crippen LogP contribution < -0.4 is 0 Å². The van der Waals surface area contributed by atoms with Gasteiger partial charge in [0.15, 0.2) is 0 Å². The van der Waals surface area contributed by atoms with Crippen molar-refractivity contribution in [3.8, 4) is 0 Å². The van der Waals surface area contributed by atoms with Gasteiger partial charge in [-0.3, -0.25) is 4.79 Å². The van der Waals surface area contributed by atoms with Gasteiger partial charge in [0.05, 0.1) is 0 Å². The number of hydrogen-bond acceptors (Lipinski definition) is 2. The van der Waals surface area contributed by atoms with E-state index in [9.17, 15) is 9.90 Å². The SMILES string of the molecule is O=C(O)C1(c2ccccc2)c2ccccc2Sc2ccccc21. The highest BCUT2D eigenvalue weighted by Gasteiger charge is 2.48. The van der Waals surface area contributed by atoms with E-state index in [0.717, 1.165) is 26.5 Å². The zero-order chi connectivity index (χ0) is 15.9. The van der Waals surface area contributed by atoms with Crippen LogP contribution in [0, 0.1) is 0 Å². The fourth-order valence-corrected chi connectivity index (χ4v) is 4.54. The first-order valence-corrected chi connectivity index (χ1v) is 8.22. The van der Waals surface area contributed by atoms with Crippen LogP contribution in [0.25, 0.3) is 0 Å². The molecule has 0 saturated carbocycles. The molecule has 3 heteroatoms. The molecule has 23 heavy (non-hydrogen) atoms. The van der Waals surface area contributed by atoms with Crippen molar-refractivity contribution in [1.82, 2.24) is 0 Å². The summed E-state index contributed by atoms with van der Waals surface area (Å²) < 4.78 is 0. The summed E-state index contributed by atoms with van der Waals surface area (Å²) in [4.78, 5) is 14.6. The van der Waals surface area contributed by atoms with Gasteiger partial charge in [-0.25, -0.2) is 0 Å². The molecule has 0 atom stereocenters. The molecular weight excluding hydrogens is 304 g/mol. The van der Waals surface area contributed by atoms with Gasteiger partial charge >= 0.3 is 5.97 Å². The third-order valence-corrected chi connectivity index (χ3v) is 5.48.